The monoisotopic (exact) mass is 464 g/mol. The highest BCUT2D eigenvalue weighted by Gasteiger charge is 2.42. The van der Waals surface area contributed by atoms with E-state index in [0.717, 1.165) is 59.8 Å². The van der Waals surface area contributed by atoms with Crippen molar-refractivity contribution in [1.29, 1.82) is 0 Å². The van der Waals surface area contributed by atoms with Gasteiger partial charge in [0.25, 0.3) is 5.91 Å². The van der Waals surface area contributed by atoms with Crippen LogP contribution in [0.3, 0.4) is 0 Å². The summed E-state index contributed by atoms with van der Waals surface area (Å²) in [6.45, 7) is 3.96. The van der Waals surface area contributed by atoms with Crippen molar-refractivity contribution in [2.45, 2.75) is 25.0 Å². The second-order valence-corrected chi connectivity index (χ2v) is 9.31. The van der Waals surface area contributed by atoms with Gasteiger partial charge in [-0.2, -0.15) is 0 Å². The second-order valence-electron chi connectivity index (χ2n) is 8.39. The Hall–Kier alpha value is -2.21. The van der Waals surface area contributed by atoms with Gasteiger partial charge in [-0.25, -0.2) is 0 Å². The third-order valence-corrected chi connectivity index (χ3v) is 6.84. The number of fused-ring (bicyclic) bond motifs is 1. The van der Waals surface area contributed by atoms with E-state index in [1.54, 1.807) is 0 Å². The van der Waals surface area contributed by atoms with Crippen molar-refractivity contribution in [2.24, 2.45) is 0 Å². The topological polar surface area (TPSA) is 32.8 Å². The molecule has 3 aromatic carbocycles. The normalized spacial score (nSPS) is 18.9. The van der Waals surface area contributed by atoms with E-state index >= 15 is 0 Å². The van der Waals surface area contributed by atoms with Crippen LogP contribution in [-0.2, 0) is 11.3 Å². The number of benzene rings is 3. The van der Waals surface area contributed by atoms with E-state index in [2.05, 4.69) is 51.2 Å². The lowest BCUT2D eigenvalue weighted by Crippen LogP contribution is -2.48. The highest BCUT2D eigenvalue weighted by atomic mass is 79.9. The number of halogens is 1. The molecule has 1 amide bonds. The van der Waals surface area contributed by atoms with Gasteiger partial charge in [-0.05, 0) is 47.4 Å². The standard InChI is InChI=1S/C25H25BrN2O2/c26-21-8-3-5-19(15-21)16-27-17-25(30-18-27)11-13-28(14-12-25)24(29)23-10-4-7-20-6-1-2-9-22(20)23/h1-10,15H,11-14,16-18H2. The Bertz CT molecular complexity index is 1070. The molecular formula is C25H25BrN2O2. The summed E-state index contributed by atoms with van der Waals surface area (Å²) < 4.78 is 7.38. The molecule has 1 spiro atoms. The van der Waals surface area contributed by atoms with Crippen molar-refractivity contribution in [3.63, 3.8) is 0 Å². The molecule has 4 nitrogen and oxygen atoms in total. The first kappa shape index (κ1) is 19.7. The minimum atomic E-state index is -0.123. The van der Waals surface area contributed by atoms with E-state index in [0.29, 0.717) is 6.73 Å². The highest BCUT2D eigenvalue weighted by Crippen LogP contribution is 2.34. The number of carbonyl (C=O) groups is 1. The van der Waals surface area contributed by atoms with Gasteiger partial charge in [-0.3, -0.25) is 9.69 Å². The Morgan fingerprint density at radius 2 is 1.77 bits per heavy atom. The van der Waals surface area contributed by atoms with E-state index < -0.39 is 0 Å². The van der Waals surface area contributed by atoms with Gasteiger partial charge in [-0.15, -0.1) is 0 Å². The zero-order valence-electron chi connectivity index (χ0n) is 16.9. The summed E-state index contributed by atoms with van der Waals surface area (Å²) in [4.78, 5) is 17.6. The first-order chi connectivity index (χ1) is 14.6. The molecule has 2 aliphatic heterocycles. The third kappa shape index (κ3) is 3.89. The van der Waals surface area contributed by atoms with Gasteiger partial charge in [0.1, 0.15) is 6.73 Å². The molecule has 0 N–H and O–H groups in total. The van der Waals surface area contributed by atoms with E-state index in [1.807, 2.05) is 41.3 Å². The summed E-state index contributed by atoms with van der Waals surface area (Å²) in [5.41, 5.74) is 1.96. The molecule has 0 radical (unpaired) electrons. The van der Waals surface area contributed by atoms with Crippen molar-refractivity contribution < 1.29 is 9.53 Å². The molecule has 30 heavy (non-hydrogen) atoms. The van der Waals surface area contributed by atoms with Crippen LogP contribution in [0.1, 0.15) is 28.8 Å². The Morgan fingerprint density at radius 3 is 2.60 bits per heavy atom. The molecule has 154 valence electrons. The van der Waals surface area contributed by atoms with Crippen LogP contribution in [0.4, 0.5) is 0 Å². The molecule has 0 bridgehead atoms. The molecule has 0 unspecified atom stereocenters. The Balaban J connectivity index is 1.23. The maximum absolute atomic E-state index is 13.2. The van der Waals surface area contributed by atoms with Gasteiger partial charge in [0, 0.05) is 36.2 Å². The van der Waals surface area contributed by atoms with Crippen LogP contribution in [-0.4, -0.2) is 47.7 Å². The Morgan fingerprint density at radius 1 is 1.00 bits per heavy atom. The Labute approximate surface area is 185 Å². The quantitative estimate of drug-likeness (QED) is 0.542. The SMILES string of the molecule is O=C(c1cccc2ccccc12)N1CCC2(CC1)CN(Cc1cccc(Br)c1)CO2. The Kier molecular flexibility index (Phi) is 5.35. The summed E-state index contributed by atoms with van der Waals surface area (Å²) in [6.07, 6.45) is 1.77. The first-order valence-corrected chi connectivity index (χ1v) is 11.3. The summed E-state index contributed by atoms with van der Waals surface area (Å²) >= 11 is 3.55. The zero-order valence-corrected chi connectivity index (χ0v) is 18.5. The molecular weight excluding hydrogens is 440 g/mol. The first-order valence-electron chi connectivity index (χ1n) is 10.5. The molecule has 2 aliphatic rings. The fourth-order valence-corrected chi connectivity index (χ4v) is 5.17. The molecule has 0 aromatic heterocycles. The molecule has 2 heterocycles. The summed E-state index contributed by atoms with van der Waals surface area (Å²) in [5.74, 6) is 0.130. The van der Waals surface area contributed by atoms with Crippen LogP contribution in [0.2, 0.25) is 0 Å². The predicted molar refractivity (Wildman–Crippen MR) is 122 cm³/mol. The fraction of sp³-hybridized carbons (Fsp3) is 0.320. The number of nitrogens with zero attached hydrogens (tertiary/aromatic N) is 2. The summed E-state index contributed by atoms with van der Waals surface area (Å²) in [5, 5.41) is 2.14. The minimum absolute atomic E-state index is 0.123. The largest absolute Gasteiger partial charge is 0.358 e. The van der Waals surface area contributed by atoms with Crippen LogP contribution >= 0.6 is 15.9 Å². The zero-order chi connectivity index (χ0) is 20.6. The van der Waals surface area contributed by atoms with Gasteiger partial charge in [-0.1, -0.05) is 64.5 Å². The second kappa shape index (κ2) is 8.14. The lowest BCUT2D eigenvalue weighted by Gasteiger charge is -2.38. The average Bonchev–Trinajstić information content (AvgIpc) is 3.15. The predicted octanol–water partition coefficient (Wildman–Crippen LogP) is 5.07. The van der Waals surface area contributed by atoms with E-state index in [4.69, 9.17) is 4.74 Å². The van der Waals surface area contributed by atoms with E-state index in [9.17, 15) is 4.79 Å². The maximum Gasteiger partial charge on any atom is 0.254 e. The third-order valence-electron chi connectivity index (χ3n) is 6.34. The van der Waals surface area contributed by atoms with Gasteiger partial charge in [0.2, 0.25) is 0 Å². The van der Waals surface area contributed by atoms with Crippen LogP contribution in [0.15, 0.2) is 71.2 Å². The minimum Gasteiger partial charge on any atom is -0.358 e. The van der Waals surface area contributed by atoms with E-state index in [1.165, 1.54) is 5.56 Å². The van der Waals surface area contributed by atoms with Gasteiger partial charge in [0.05, 0.1) is 5.60 Å². The number of amides is 1. The molecule has 0 atom stereocenters. The highest BCUT2D eigenvalue weighted by molar-refractivity contribution is 9.10. The van der Waals surface area contributed by atoms with E-state index in [-0.39, 0.29) is 11.5 Å². The molecule has 3 aromatic rings. The average molecular weight is 465 g/mol. The lowest BCUT2D eigenvalue weighted by atomic mass is 9.90. The van der Waals surface area contributed by atoms with Crippen molar-refractivity contribution in [2.75, 3.05) is 26.4 Å². The number of carbonyl (C=O) groups excluding carboxylic acids is 1. The molecule has 0 aliphatic carbocycles. The van der Waals surface area contributed by atoms with Crippen LogP contribution in [0.25, 0.3) is 10.8 Å². The fourth-order valence-electron chi connectivity index (χ4n) is 4.72. The maximum atomic E-state index is 13.2. The summed E-state index contributed by atoms with van der Waals surface area (Å²) in [6, 6.07) is 22.5. The van der Waals surface area contributed by atoms with Crippen LogP contribution < -0.4 is 0 Å². The number of hydrogen-bond donors (Lipinski definition) is 0. The molecule has 0 saturated carbocycles. The number of piperidine rings is 1. The van der Waals surface area contributed by atoms with Crippen LogP contribution in [0.5, 0.6) is 0 Å². The van der Waals surface area contributed by atoms with Crippen molar-refractivity contribution >= 4 is 32.6 Å². The van der Waals surface area contributed by atoms with Gasteiger partial charge >= 0.3 is 0 Å². The lowest BCUT2D eigenvalue weighted by molar-refractivity contribution is -0.0352. The molecule has 5 heteroatoms. The number of hydrogen-bond acceptors (Lipinski definition) is 3. The molecule has 2 saturated heterocycles. The number of rotatable bonds is 3. The summed E-state index contributed by atoms with van der Waals surface area (Å²) in [7, 11) is 0. The molecule has 2 fully saturated rings. The van der Waals surface area contributed by atoms with Crippen molar-refractivity contribution in [1.82, 2.24) is 9.80 Å². The van der Waals surface area contributed by atoms with Gasteiger partial charge < -0.3 is 9.64 Å². The van der Waals surface area contributed by atoms with Crippen LogP contribution in [0, 0.1) is 0 Å². The smallest absolute Gasteiger partial charge is 0.254 e. The number of likely N-dealkylation sites (tertiary alicyclic amines) is 1. The molecule has 5 rings (SSSR count). The number of ether oxygens (including phenoxy) is 1. The van der Waals surface area contributed by atoms with Gasteiger partial charge in [0.15, 0.2) is 0 Å². The van der Waals surface area contributed by atoms with Crippen molar-refractivity contribution in [3.8, 4) is 0 Å². The van der Waals surface area contributed by atoms with Crippen molar-refractivity contribution in [3.05, 3.63) is 82.3 Å².